The van der Waals surface area contributed by atoms with Crippen LogP contribution >= 0.6 is 39.0 Å². The van der Waals surface area contributed by atoms with Crippen LogP contribution in [0.3, 0.4) is 0 Å². The van der Waals surface area contributed by atoms with Crippen molar-refractivity contribution in [3.05, 3.63) is 29.0 Å². The highest BCUT2D eigenvalue weighted by molar-refractivity contribution is 9.10. The van der Waals surface area contributed by atoms with Crippen LogP contribution < -0.4 is 4.90 Å². The highest BCUT2D eigenvalue weighted by Gasteiger charge is 2.17. The Bertz CT molecular complexity index is 837. The van der Waals surface area contributed by atoms with Gasteiger partial charge in [-0.25, -0.2) is 9.97 Å². The number of anilines is 1. The molecule has 1 aromatic carbocycles. The van der Waals surface area contributed by atoms with Crippen molar-refractivity contribution in [2.75, 3.05) is 31.2 Å². The Kier molecular flexibility index (Phi) is 4.43. The summed E-state index contributed by atoms with van der Waals surface area (Å²) in [7, 11) is 0. The summed E-state index contributed by atoms with van der Waals surface area (Å²) >= 11 is 6.61. The molecular formula is C14H12BrN5OS2. The van der Waals surface area contributed by atoms with Gasteiger partial charge in [-0.1, -0.05) is 27.3 Å². The van der Waals surface area contributed by atoms with Gasteiger partial charge >= 0.3 is 0 Å². The molecule has 0 saturated carbocycles. The predicted molar refractivity (Wildman–Crippen MR) is 94.3 cm³/mol. The second kappa shape index (κ2) is 6.68. The van der Waals surface area contributed by atoms with E-state index in [2.05, 4.69) is 41.0 Å². The van der Waals surface area contributed by atoms with Crippen LogP contribution in [0.25, 0.3) is 10.9 Å². The number of morpholine rings is 1. The molecule has 2 aromatic heterocycles. The third kappa shape index (κ3) is 3.32. The van der Waals surface area contributed by atoms with Gasteiger partial charge in [-0.15, -0.1) is 10.2 Å². The number of ether oxygens (including phenoxy) is 1. The Labute approximate surface area is 149 Å². The number of aromatic nitrogens is 4. The maximum atomic E-state index is 5.37. The van der Waals surface area contributed by atoms with Crippen molar-refractivity contribution in [1.82, 2.24) is 20.2 Å². The van der Waals surface area contributed by atoms with Crippen LogP contribution in [0.1, 0.15) is 0 Å². The van der Waals surface area contributed by atoms with Gasteiger partial charge in [0, 0.05) is 22.9 Å². The van der Waals surface area contributed by atoms with Gasteiger partial charge in [-0.2, -0.15) is 0 Å². The first kappa shape index (κ1) is 15.3. The van der Waals surface area contributed by atoms with Crippen LogP contribution in [-0.2, 0) is 4.74 Å². The van der Waals surface area contributed by atoms with Gasteiger partial charge in [0.1, 0.15) is 11.4 Å². The third-order valence-electron chi connectivity index (χ3n) is 3.42. The zero-order valence-electron chi connectivity index (χ0n) is 12.0. The van der Waals surface area contributed by atoms with E-state index in [0.29, 0.717) is 0 Å². The number of hydrogen-bond acceptors (Lipinski definition) is 8. The second-order valence-electron chi connectivity index (χ2n) is 4.89. The molecule has 1 aliphatic heterocycles. The molecule has 23 heavy (non-hydrogen) atoms. The van der Waals surface area contributed by atoms with Crippen molar-refractivity contribution >= 4 is 55.1 Å². The zero-order valence-corrected chi connectivity index (χ0v) is 15.2. The van der Waals surface area contributed by atoms with Crippen molar-refractivity contribution in [3.8, 4) is 0 Å². The van der Waals surface area contributed by atoms with E-state index in [0.717, 1.165) is 56.2 Å². The Morgan fingerprint density at radius 3 is 2.91 bits per heavy atom. The first-order chi connectivity index (χ1) is 11.3. The second-order valence-corrected chi connectivity index (χ2v) is 8.00. The summed E-state index contributed by atoms with van der Waals surface area (Å²) in [5.41, 5.74) is 0.920. The van der Waals surface area contributed by atoms with Crippen LogP contribution in [0.4, 0.5) is 5.13 Å². The lowest BCUT2D eigenvalue weighted by Gasteiger charge is -2.25. The summed E-state index contributed by atoms with van der Waals surface area (Å²) < 4.78 is 7.26. The Hall–Kier alpha value is -1.29. The minimum absolute atomic E-state index is 0.743. The first-order valence-electron chi connectivity index (χ1n) is 7.04. The predicted octanol–water partition coefficient (Wildman–Crippen LogP) is 3.23. The van der Waals surface area contributed by atoms with E-state index in [9.17, 15) is 0 Å². The van der Waals surface area contributed by atoms with Gasteiger partial charge in [-0.3, -0.25) is 0 Å². The molecule has 3 heterocycles. The van der Waals surface area contributed by atoms with Crippen molar-refractivity contribution in [2.45, 2.75) is 9.37 Å². The highest BCUT2D eigenvalue weighted by Crippen LogP contribution is 2.36. The van der Waals surface area contributed by atoms with Crippen molar-refractivity contribution in [2.24, 2.45) is 0 Å². The number of hydrogen-bond donors (Lipinski definition) is 0. The van der Waals surface area contributed by atoms with Gasteiger partial charge in [0.05, 0.1) is 18.7 Å². The minimum Gasteiger partial charge on any atom is -0.378 e. The van der Waals surface area contributed by atoms with E-state index in [-0.39, 0.29) is 0 Å². The lowest BCUT2D eigenvalue weighted by Crippen LogP contribution is -2.36. The monoisotopic (exact) mass is 409 g/mol. The lowest BCUT2D eigenvalue weighted by molar-refractivity contribution is 0.122. The molecule has 0 bridgehead atoms. The number of fused-ring (bicyclic) bond motifs is 1. The molecule has 0 aliphatic carbocycles. The fourth-order valence-corrected chi connectivity index (χ4v) is 4.54. The number of halogens is 1. The highest BCUT2D eigenvalue weighted by atomic mass is 79.9. The fraction of sp³-hybridized carbons (Fsp3) is 0.286. The van der Waals surface area contributed by atoms with Gasteiger partial charge in [0.25, 0.3) is 0 Å². The van der Waals surface area contributed by atoms with E-state index >= 15 is 0 Å². The normalized spacial score (nSPS) is 15.3. The lowest BCUT2D eigenvalue weighted by atomic mass is 10.2. The van der Waals surface area contributed by atoms with Crippen LogP contribution in [-0.4, -0.2) is 46.5 Å². The van der Waals surface area contributed by atoms with Crippen molar-refractivity contribution < 1.29 is 4.74 Å². The number of nitrogens with zero attached hydrogens (tertiary/aromatic N) is 5. The first-order valence-corrected chi connectivity index (χ1v) is 9.46. The molecule has 0 N–H and O–H groups in total. The molecule has 0 amide bonds. The molecule has 4 rings (SSSR count). The summed E-state index contributed by atoms with van der Waals surface area (Å²) in [6.07, 6.45) is 1.59. The SMILES string of the molecule is Brc1ccc2ncnc(Sc3nnc(N4CCOCC4)s3)c2c1. The molecule has 0 unspecified atom stereocenters. The summed E-state index contributed by atoms with van der Waals surface area (Å²) in [4.78, 5) is 10.9. The molecule has 3 aromatic rings. The Morgan fingerprint density at radius 2 is 2.04 bits per heavy atom. The van der Waals surface area contributed by atoms with E-state index in [1.807, 2.05) is 18.2 Å². The Morgan fingerprint density at radius 1 is 1.17 bits per heavy atom. The average molecular weight is 410 g/mol. The van der Waals surface area contributed by atoms with Crippen LogP contribution in [0.5, 0.6) is 0 Å². The van der Waals surface area contributed by atoms with Crippen LogP contribution in [0.15, 0.2) is 38.4 Å². The molecule has 1 saturated heterocycles. The van der Waals surface area contributed by atoms with Crippen LogP contribution in [0.2, 0.25) is 0 Å². The fourth-order valence-electron chi connectivity index (χ4n) is 2.30. The van der Waals surface area contributed by atoms with Gasteiger partial charge in [0.15, 0.2) is 4.34 Å². The van der Waals surface area contributed by atoms with Gasteiger partial charge < -0.3 is 9.64 Å². The molecule has 0 atom stereocenters. The molecule has 1 aliphatic rings. The average Bonchev–Trinajstić information content (AvgIpc) is 3.05. The molecule has 0 spiro atoms. The smallest absolute Gasteiger partial charge is 0.209 e. The number of benzene rings is 1. The topological polar surface area (TPSA) is 64.0 Å². The molecule has 6 nitrogen and oxygen atoms in total. The maximum absolute atomic E-state index is 5.37. The standard InChI is InChI=1S/C14H12BrN5OS2/c15-9-1-2-11-10(7-9)12(17-8-16-11)22-14-19-18-13(23-14)20-3-5-21-6-4-20/h1-2,7-8H,3-6H2. The van der Waals surface area contributed by atoms with Gasteiger partial charge in [-0.05, 0) is 30.0 Å². The molecule has 1 fully saturated rings. The van der Waals surface area contributed by atoms with Gasteiger partial charge in [0.2, 0.25) is 5.13 Å². The summed E-state index contributed by atoms with van der Waals surface area (Å²) in [6.45, 7) is 3.21. The summed E-state index contributed by atoms with van der Waals surface area (Å²) in [6, 6.07) is 5.98. The van der Waals surface area contributed by atoms with Crippen LogP contribution in [0, 0.1) is 0 Å². The maximum Gasteiger partial charge on any atom is 0.209 e. The Balaban J connectivity index is 1.61. The molecule has 118 valence electrons. The van der Waals surface area contributed by atoms with E-state index in [4.69, 9.17) is 4.74 Å². The minimum atomic E-state index is 0.743. The van der Waals surface area contributed by atoms with E-state index in [1.54, 1.807) is 17.7 Å². The summed E-state index contributed by atoms with van der Waals surface area (Å²) in [5, 5.41) is 11.4. The third-order valence-corrected chi connectivity index (χ3v) is 5.97. The van der Waals surface area contributed by atoms with E-state index < -0.39 is 0 Å². The van der Waals surface area contributed by atoms with Crippen molar-refractivity contribution in [3.63, 3.8) is 0 Å². The number of rotatable bonds is 3. The van der Waals surface area contributed by atoms with E-state index in [1.165, 1.54) is 11.8 Å². The van der Waals surface area contributed by atoms with Crippen molar-refractivity contribution in [1.29, 1.82) is 0 Å². The summed E-state index contributed by atoms with van der Waals surface area (Å²) in [5.74, 6) is 0. The quantitative estimate of drug-likeness (QED) is 0.615. The molecule has 0 radical (unpaired) electrons. The largest absolute Gasteiger partial charge is 0.378 e. The molecule has 9 heteroatoms. The zero-order chi connectivity index (χ0) is 15.6. The molecular weight excluding hydrogens is 398 g/mol.